The van der Waals surface area contributed by atoms with E-state index in [9.17, 15) is 0 Å². The normalized spacial score (nSPS) is 11.2. The molecule has 0 heterocycles. The average Bonchev–Trinajstić information content (AvgIpc) is 1.94. The van der Waals surface area contributed by atoms with Gasteiger partial charge in [0.05, 0.1) is 0 Å². The molecule has 0 amide bonds. The van der Waals surface area contributed by atoms with Gasteiger partial charge >= 0.3 is 21.1 Å². The summed E-state index contributed by atoms with van der Waals surface area (Å²) >= 11 is 0. The van der Waals surface area contributed by atoms with Crippen LogP contribution in [0.3, 0.4) is 0 Å². The van der Waals surface area contributed by atoms with Crippen molar-refractivity contribution in [2.24, 2.45) is 0 Å². The van der Waals surface area contributed by atoms with Gasteiger partial charge in [0.2, 0.25) is 62.4 Å². The molecule has 31 heavy (non-hydrogen) atoms. The van der Waals surface area contributed by atoms with Gasteiger partial charge in [-0.25, -0.2) is 50.5 Å². The molecule has 6 N–H and O–H groups in total. The Balaban J connectivity index is -0.0000000443. The monoisotopic (exact) mass is 766 g/mol. The molecule has 0 saturated carbocycles. The van der Waals surface area contributed by atoms with Gasteiger partial charge in [0.1, 0.15) is 0 Å². The second-order valence-electron chi connectivity index (χ2n) is 2.57. The van der Waals surface area contributed by atoms with E-state index in [4.69, 9.17) is 105 Å². The summed E-state index contributed by atoms with van der Waals surface area (Å²) in [5, 5.41) is 0. The quantitative estimate of drug-likeness (QED) is 0.0987. The maximum absolute atomic E-state index is 8.63. The molecule has 0 unspecified atom stereocenters. The molecule has 0 aromatic heterocycles. The molecule has 0 aliphatic rings. The maximum atomic E-state index is 8.63. The van der Waals surface area contributed by atoms with Crippen molar-refractivity contribution in [1.29, 1.82) is 0 Å². The van der Waals surface area contributed by atoms with Gasteiger partial charge in [-0.3, -0.25) is 27.3 Å². The molecule has 0 bridgehead atoms. The molecule has 0 aromatic rings. The zero-order valence-electron chi connectivity index (χ0n) is 12.9. The van der Waals surface area contributed by atoms with Gasteiger partial charge in [0.15, 0.2) is 0 Å². The van der Waals surface area contributed by atoms with Gasteiger partial charge in [-0.2, -0.15) is 0 Å². The molecule has 0 saturated heterocycles. The van der Waals surface area contributed by atoms with Crippen LogP contribution in [0.4, 0.5) is 0 Å². The Bertz CT molecular complexity index is 760. The third kappa shape index (κ3) is 2770000. The van der Waals surface area contributed by atoms with Gasteiger partial charge in [0.25, 0.3) is 0 Å². The summed E-state index contributed by atoms with van der Waals surface area (Å²) in [5.74, 6) is 0. The molecule has 0 aliphatic carbocycles. The fraction of sp³-hybridized carbons (Fsp3) is 0. The summed E-state index contributed by atoms with van der Waals surface area (Å²) in [4.78, 5) is 0. The molecular weight excluding hydrogens is 760 g/mol. The van der Waals surface area contributed by atoms with E-state index in [1.54, 1.807) is 0 Å². The Labute approximate surface area is 188 Å². The fourth-order valence-electron chi connectivity index (χ4n) is 0. The first-order valence-electron chi connectivity index (χ1n) is 4.10. The van der Waals surface area contributed by atoms with Gasteiger partial charge in [-0.1, -0.05) is 0 Å². The van der Waals surface area contributed by atoms with E-state index >= 15 is 0 Å². The van der Waals surface area contributed by atoms with Crippen LogP contribution in [0, 0.1) is 0 Å². The third-order valence-corrected chi connectivity index (χ3v) is 0. The molecule has 24 nitrogen and oxygen atoms in total. The summed E-state index contributed by atoms with van der Waals surface area (Å²) in [5.41, 5.74) is 0. The van der Waals surface area contributed by atoms with Crippen LogP contribution < -0.4 is 0 Å². The summed E-state index contributed by atoms with van der Waals surface area (Å²) in [7, 11) is -29.5. The molecule has 0 aliphatic heterocycles. The van der Waals surface area contributed by atoms with E-state index in [2.05, 4.69) is 0 Å². The van der Waals surface area contributed by atoms with E-state index in [0.29, 0.717) is 0 Å². The first-order valence-corrected chi connectivity index (χ1v) is 12.3. The van der Waals surface area contributed by atoms with Crippen LogP contribution in [-0.2, 0) is 83.5 Å². The summed E-state index contributed by atoms with van der Waals surface area (Å²) in [6.07, 6.45) is 0. The zero-order chi connectivity index (χ0) is 27.0. The standard InChI is InChI=1S/6H2O4S.W/c6*1-5(2,3)4;/h6*(H2,1,2,3,4);/q;;;;;;+6/p-6. The zero-order valence-corrected chi connectivity index (χ0v) is 20.7. The van der Waals surface area contributed by atoms with Crippen LogP contribution in [0.5, 0.6) is 0 Å². The van der Waals surface area contributed by atoms with E-state index in [-0.39, 0.29) is 21.1 Å². The van der Waals surface area contributed by atoms with E-state index in [0.717, 1.165) is 0 Å². The van der Waals surface area contributed by atoms with Gasteiger partial charge in [-0.15, -0.1) is 0 Å². The fourth-order valence-corrected chi connectivity index (χ4v) is 0. The van der Waals surface area contributed by atoms with Crippen molar-refractivity contribution in [3.05, 3.63) is 0 Å². The predicted molar refractivity (Wildman–Crippen MR) is 74.0 cm³/mol. The second kappa shape index (κ2) is 19.4. The number of hydrogen-bond donors (Lipinski definition) is 6. The summed E-state index contributed by atoms with van der Waals surface area (Å²) in [6.45, 7) is 0. The largest absolute Gasteiger partial charge is 6.00 e. The predicted octanol–water partition coefficient (Wildman–Crippen LogP) is -5.97. The van der Waals surface area contributed by atoms with Crippen molar-refractivity contribution >= 4 is 62.4 Å². The minimum Gasteiger partial charge on any atom is -0.726 e. The van der Waals surface area contributed by atoms with E-state index < -0.39 is 62.4 Å². The Hall–Kier alpha value is -0.0917. The van der Waals surface area contributed by atoms with Gasteiger partial charge < -0.3 is 27.3 Å². The molecule has 0 aromatic carbocycles. The molecule has 0 radical (unpaired) electrons. The van der Waals surface area contributed by atoms with E-state index in [1.807, 2.05) is 0 Å². The minimum atomic E-state index is -4.92. The van der Waals surface area contributed by atoms with Crippen molar-refractivity contribution in [3.8, 4) is 0 Å². The van der Waals surface area contributed by atoms with Crippen LogP contribution in [0.1, 0.15) is 0 Å². The van der Waals surface area contributed by atoms with Gasteiger partial charge in [0, 0.05) is 0 Å². The molecule has 0 fully saturated rings. The first-order chi connectivity index (χ1) is 12.0. The molecule has 0 atom stereocenters. The van der Waals surface area contributed by atoms with Crippen molar-refractivity contribution in [1.82, 2.24) is 0 Å². The molecule has 0 spiro atoms. The van der Waals surface area contributed by atoms with Crippen molar-refractivity contribution in [2.75, 3.05) is 0 Å². The Morgan fingerprint density at radius 2 is 0.290 bits per heavy atom. The SMILES string of the molecule is O=S(=O)([O-])O.O=S(=O)([O-])O.O=S(=O)([O-])O.O=S(=O)([O-])O.O=S(=O)([O-])O.O=S(=O)([O-])O.[W+6]. The third-order valence-electron chi connectivity index (χ3n) is 0. The Morgan fingerprint density at radius 3 is 0.290 bits per heavy atom. The van der Waals surface area contributed by atoms with Crippen LogP contribution in [-0.4, -0.2) is 105 Å². The molecular formula is H6O24S6W. The minimum absolute atomic E-state index is 0. The van der Waals surface area contributed by atoms with Crippen molar-refractivity contribution in [2.45, 2.75) is 0 Å². The van der Waals surface area contributed by atoms with Gasteiger partial charge in [-0.05, 0) is 0 Å². The number of hydrogen-bond acceptors (Lipinski definition) is 18. The molecule has 0 rings (SSSR count). The Morgan fingerprint density at radius 1 is 0.290 bits per heavy atom. The van der Waals surface area contributed by atoms with Crippen LogP contribution in [0.15, 0.2) is 0 Å². The molecule has 31 heteroatoms. The number of rotatable bonds is 0. The maximum Gasteiger partial charge on any atom is 6.00 e. The summed E-state index contributed by atoms with van der Waals surface area (Å²) in [6, 6.07) is 0. The van der Waals surface area contributed by atoms with E-state index in [1.165, 1.54) is 0 Å². The van der Waals surface area contributed by atoms with Crippen LogP contribution >= 0.6 is 0 Å². The first kappa shape index (κ1) is 48.4. The van der Waals surface area contributed by atoms with Crippen molar-refractivity contribution in [3.63, 3.8) is 0 Å². The topological polar surface area (TPSA) is 465 Å². The smallest absolute Gasteiger partial charge is 0.726 e. The van der Waals surface area contributed by atoms with Crippen LogP contribution in [0.2, 0.25) is 0 Å². The molecule has 192 valence electrons. The van der Waals surface area contributed by atoms with Crippen molar-refractivity contribution < 1.29 is 126 Å². The second-order valence-corrected chi connectivity index (χ2v) is 7.70. The Kier molecular flexibility index (Phi) is 30.2. The van der Waals surface area contributed by atoms with Crippen LogP contribution in [0.25, 0.3) is 0 Å². The average molecular weight is 766 g/mol. The summed E-state index contributed by atoms with van der Waals surface area (Å²) < 4.78 is 197.